The van der Waals surface area contributed by atoms with Gasteiger partial charge in [0.25, 0.3) is 0 Å². The van der Waals surface area contributed by atoms with E-state index in [1.807, 2.05) is 18.2 Å². The van der Waals surface area contributed by atoms with Crippen LogP contribution in [0.25, 0.3) is 11.0 Å². The van der Waals surface area contributed by atoms with Crippen LogP contribution < -0.4 is 4.90 Å². The number of nitrogens with zero attached hydrogens (tertiary/aromatic N) is 2. The maximum absolute atomic E-state index is 10.5. The molecule has 0 bridgehead atoms. The quantitative estimate of drug-likeness (QED) is 0.685. The molecule has 0 fully saturated rings. The lowest BCUT2D eigenvalue weighted by atomic mass is 10.2. The topological polar surface area (TPSA) is 69.2 Å². The van der Waals surface area contributed by atoms with Gasteiger partial charge in [-0.05, 0) is 24.6 Å². The maximum Gasteiger partial charge on any atom is 0.303 e. The number of aliphatic carboxylic acids is 1. The van der Waals surface area contributed by atoms with Gasteiger partial charge in [0.15, 0.2) is 0 Å². The zero-order valence-corrected chi connectivity index (χ0v) is 13.7. The molecule has 0 unspecified atom stereocenters. The van der Waals surface area contributed by atoms with E-state index in [9.17, 15) is 4.79 Å². The fraction of sp³-hybridized carbons (Fsp3) is 0.467. The second kappa shape index (κ2) is 8.25. The zero-order chi connectivity index (χ0) is 15.9. The van der Waals surface area contributed by atoms with Crippen molar-refractivity contribution in [3.63, 3.8) is 0 Å². The highest BCUT2D eigenvalue weighted by molar-refractivity contribution is 6.18. The number of benzene rings is 1. The van der Waals surface area contributed by atoms with Crippen molar-refractivity contribution in [2.45, 2.75) is 19.3 Å². The van der Waals surface area contributed by atoms with Gasteiger partial charge in [-0.1, -0.05) is 0 Å². The first-order chi connectivity index (χ1) is 10.6. The first kappa shape index (κ1) is 16.9. The maximum atomic E-state index is 10.5. The van der Waals surface area contributed by atoms with Crippen LogP contribution in [0.1, 0.15) is 18.7 Å². The van der Waals surface area contributed by atoms with E-state index < -0.39 is 5.97 Å². The summed E-state index contributed by atoms with van der Waals surface area (Å²) in [6.45, 7) is 1.47. The molecule has 0 aliphatic heterocycles. The van der Waals surface area contributed by atoms with Crippen LogP contribution in [0.4, 0.5) is 5.69 Å². The third kappa shape index (κ3) is 4.52. The minimum atomic E-state index is -0.781. The third-order valence-corrected chi connectivity index (χ3v) is 3.73. The highest BCUT2D eigenvalue weighted by atomic mass is 35.5. The minimum absolute atomic E-state index is 0.154. The number of carbonyl (C=O) groups is 1. The summed E-state index contributed by atoms with van der Waals surface area (Å²) in [6, 6.07) is 5.99. The number of fused-ring (bicyclic) bond motifs is 1. The molecule has 0 radical (unpaired) electrons. The Bertz CT molecular complexity index is 624. The van der Waals surface area contributed by atoms with Gasteiger partial charge < -0.3 is 15.0 Å². The molecule has 120 valence electrons. The Morgan fingerprint density at radius 1 is 1.27 bits per heavy atom. The SMILES string of the molecule is O=C(O)CCCc1nc2ccc(N(CCCl)CCCl)cc2[nH]1. The molecular formula is C15H19Cl2N3O2. The van der Waals surface area contributed by atoms with Gasteiger partial charge in [0.05, 0.1) is 11.0 Å². The van der Waals surface area contributed by atoms with Crippen LogP contribution in [0.2, 0.25) is 0 Å². The van der Waals surface area contributed by atoms with E-state index in [2.05, 4.69) is 14.9 Å². The number of hydrogen-bond donors (Lipinski definition) is 2. The van der Waals surface area contributed by atoms with Crippen LogP contribution in [0.15, 0.2) is 18.2 Å². The van der Waals surface area contributed by atoms with E-state index in [1.54, 1.807) is 0 Å². The van der Waals surface area contributed by atoms with E-state index in [4.69, 9.17) is 28.3 Å². The summed E-state index contributed by atoms with van der Waals surface area (Å²) in [5.74, 6) is 1.11. The highest BCUT2D eigenvalue weighted by Crippen LogP contribution is 2.21. The van der Waals surface area contributed by atoms with Crippen LogP contribution in [-0.2, 0) is 11.2 Å². The summed E-state index contributed by atoms with van der Waals surface area (Å²) in [4.78, 5) is 20.4. The normalized spacial score (nSPS) is 11.0. The summed E-state index contributed by atoms with van der Waals surface area (Å²) in [6.07, 6.45) is 1.36. The second-order valence-electron chi connectivity index (χ2n) is 5.00. The van der Waals surface area contributed by atoms with Crippen molar-refractivity contribution >= 4 is 45.9 Å². The van der Waals surface area contributed by atoms with Gasteiger partial charge in [0.2, 0.25) is 0 Å². The molecular weight excluding hydrogens is 325 g/mol. The number of carboxylic acid groups (broad SMARTS) is 1. The number of rotatable bonds is 9. The van der Waals surface area contributed by atoms with Gasteiger partial charge in [0.1, 0.15) is 5.82 Å². The molecule has 1 heterocycles. The van der Waals surface area contributed by atoms with E-state index in [0.29, 0.717) is 24.6 Å². The molecule has 0 saturated carbocycles. The van der Waals surface area contributed by atoms with Crippen molar-refractivity contribution in [3.8, 4) is 0 Å². The van der Waals surface area contributed by atoms with Gasteiger partial charge in [-0.25, -0.2) is 4.98 Å². The molecule has 2 N–H and O–H groups in total. The van der Waals surface area contributed by atoms with Crippen LogP contribution >= 0.6 is 23.2 Å². The molecule has 0 aliphatic carbocycles. The largest absolute Gasteiger partial charge is 0.481 e. The van der Waals surface area contributed by atoms with E-state index in [1.165, 1.54) is 0 Å². The monoisotopic (exact) mass is 343 g/mol. The fourth-order valence-electron chi connectivity index (χ4n) is 2.35. The van der Waals surface area contributed by atoms with Crippen LogP contribution in [0, 0.1) is 0 Å². The molecule has 0 atom stereocenters. The number of carboxylic acids is 1. The lowest BCUT2D eigenvalue weighted by molar-refractivity contribution is -0.137. The Morgan fingerprint density at radius 3 is 2.64 bits per heavy atom. The summed E-state index contributed by atoms with van der Waals surface area (Å²) in [5.41, 5.74) is 2.87. The van der Waals surface area contributed by atoms with E-state index in [0.717, 1.165) is 35.6 Å². The number of H-pyrrole nitrogens is 1. The number of alkyl halides is 2. The van der Waals surface area contributed by atoms with Crippen molar-refractivity contribution in [2.75, 3.05) is 29.7 Å². The third-order valence-electron chi connectivity index (χ3n) is 3.39. The predicted molar refractivity (Wildman–Crippen MR) is 90.3 cm³/mol. The number of nitrogens with one attached hydrogen (secondary N) is 1. The van der Waals surface area contributed by atoms with Crippen molar-refractivity contribution < 1.29 is 9.90 Å². The molecule has 0 aliphatic rings. The predicted octanol–water partition coefficient (Wildman–Crippen LogP) is 3.25. The number of halogens is 2. The highest BCUT2D eigenvalue weighted by Gasteiger charge is 2.09. The summed E-state index contributed by atoms with van der Waals surface area (Å²) in [5, 5.41) is 8.67. The number of aromatic nitrogens is 2. The van der Waals surface area contributed by atoms with Crippen molar-refractivity contribution in [3.05, 3.63) is 24.0 Å². The molecule has 22 heavy (non-hydrogen) atoms. The molecule has 2 aromatic rings. The van der Waals surface area contributed by atoms with Crippen LogP contribution in [0.3, 0.4) is 0 Å². The number of anilines is 1. The average molecular weight is 344 g/mol. The first-order valence-corrected chi connectivity index (χ1v) is 8.28. The average Bonchev–Trinajstić information content (AvgIpc) is 2.88. The van der Waals surface area contributed by atoms with Gasteiger partial charge in [-0.2, -0.15) is 0 Å². The van der Waals surface area contributed by atoms with Crippen LogP contribution in [0.5, 0.6) is 0 Å². The standard InChI is InChI=1S/C15H19Cl2N3O2/c16-6-8-20(9-7-17)11-4-5-12-13(10-11)19-14(18-12)2-1-3-15(21)22/h4-5,10H,1-3,6-9H2,(H,18,19)(H,21,22). The Kier molecular flexibility index (Phi) is 6.34. The first-order valence-electron chi connectivity index (χ1n) is 7.21. The number of hydrogen-bond acceptors (Lipinski definition) is 3. The van der Waals surface area contributed by atoms with Gasteiger partial charge in [0, 0.05) is 43.4 Å². The molecule has 5 nitrogen and oxygen atoms in total. The summed E-state index contributed by atoms with van der Waals surface area (Å²) >= 11 is 11.7. The van der Waals surface area contributed by atoms with Crippen molar-refractivity contribution in [1.82, 2.24) is 9.97 Å². The molecule has 1 aromatic carbocycles. The number of aromatic amines is 1. The second-order valence-corrected chi connectivity index (χ2v) is 5.75. The molecule has 0 saturated heterocycles. The lowest BCUT2D eigenvalue weighted by Gasteiger charge is -2.22. The van der Waals surface area contributed by atoms with Gasteiger partial charge in [-0.3, -0.25) is 4.79 Å². The zero-order valence-electron chi connectivity index (χ0n) is 12.2. The summed E-state index contributed by atoms with van der Waals surface area (Å²) in [7, 11) is 0. The van der Waals surface area contributed by atoms with Crippen LogP contribution in [-0.4, -0.2) is 45.9 Å². The smallest absolute Gasteiger partial charge is 0.303 e. The minimum Gasteiger partial charge on any atom is -0.481 e. The molecule has 2 rings (SSSR count). The molecule has 1 aromatic heterocycles. The van der Waals surface area contributed by atoms with E-state index >= 15 is 0 Å². The lowest BCUT2D eigenvalue weighted by Crippen LogP contribution is -2.27. The van der Waals surface area contributed by atoms with Crippen molar-refractivity contribution in [1.29, 1.82) is 0 Å². The van der Waals surface area contributed by atoms with Crippen molar-refractivity contribution in [2.24, 2.45) is 0 Å². The Hall–Kier alpha value is -1.46. The molecule has 7 heteroatoms. The van der Waals surface area contributed by atoms with Gasteiger partial charge >= 0.3 is 5.97 Å². The fourth-order valence-corrected chi connectivity index (χ4v) is 2.75. The Labute approximate surface area is 139 Å². The molecule has 0 spiro atoms. The summed E-state index contributed by atoms with van der Waals surface area (Å²) < 4.78 is 0. The molecule has 0 amide bonds. The number of aryl methyl sites for hydroxylation is 1. The van der Waals surface area contributed by atoms with Gasteiger partial charge in [-0.15, -0.1) is 23.2 Å². The Balaban J connectivity index is 2.13. The Morgan fingerprint density at radius 2 is 2.00 bits per heavy atom. The van der Waals surface area contributed by atoms with E-state index in [-0.39, 0.29) is 6.42 Å². The number of imidazole rings is 1.